The van der Waals surface area contributed by atoms with Crippen LogP contribution in [0.1, 0.15) is 40.0 Å². The minimum absolute atomic E-state index is 0.287. The average Bonchev–Trinajstić information content (AvgIpc) is 2.20. The van der Waals surface area contributed by atoms with E-state index in [9.17, 15) is 4.79 Å². The Bertz CT molecular complexity index is 162. The van der Waals surface area contributed by atoms with Crippen molar-refractivity contribution in [1.29, 1.82) is 0 Å². The van der Waals surface area contributed by atoms with Crippen LogP contribution in [0.3, 0.4) is 0 Å². The van der Waals surface area contributed by atoms with Gasteiger partial charge in [0.05, 0.1) is 19.6 Å². The summed E-state index contributed by atoms with van der Waals surface area (Å²) in [5.74, 6) is -0.666. The highest BCUT2D eigenvalue weighted by Gasteiger charge is 2.27. The summed E-state index contributed by atoms with van der Waals surface area (Å²) in [4.78, 5) is 10.8. The van der Waals surface area contributed by atoms with Crippen LogP contribution in [-0.2, 0) is 4.79 Å². The topological polar surface area (TPSA) is 37.3 Å². The van der Waals surface area contributed by atoms with Gasteiger partial charge >= 0.3 is 5.97 Å². The van der Waals surface area contributed by atoms with Crippen molar-refractivity contribution in [3.63, 3.8) is 0 Å². The first-order chi connectivity index (χ1) is 7.60. The number of halogens is 2. The molecule has 16 heavy (non-hydrogen) atoms. The van der Waals surface area contributed by atoms with Crippen LogP contribution in [0.15, 0.2) is 0 Å². The molecule has 0 amide bonds. The molecule has 0 saturated carbocycles. The molecule has 0 rings (SSSR count). The first-order valence-electron chi connectivity index (χ1n) is 5.81. The molecule has 98 valence electrons. The molecule has 0 aliphatic heterocycles. The summed E-state index contributed by atoms with van der Waals surface area (Å²) < 4.78 is 0.763. The van der Waals surface area contributed by atoms with Gasteiger partial charge in [0.1, 0.15) is 0 Å². The Labute approximate surface area is 112 Å². The Hall–Kier alpha value is 0.200. The fourth-order valence-corrected chi connectivity index (χ4v) is 2.28. The Balaban J connectivity index is 0. The molecule has 5 heteroatoms. The number of carboxylic acids is 1. The lowest BCUT2D eigenvalue weighted by Gasteiger charge is -2.36. The number of carboxylic acid groups (broad SMARTS) is 1. The van der Waals surface area contributed by atoms with Gasteiger partial charge in [0.15, 0.2) is 6.54 Å². The minimum atomic E-state index is -0.666. The normalized spacial score (nSPS) is 10.6. The summed E-state index contributed by atoms with van der Waals surface area (Å²) in [6.07, 6.45) is 3.19. The van der Waals surface area contributed by atoms with Gasteiger partial charge in [-0.3, -0.25) is 0 Å². The molecule has 0 radical (unpaired) electrons. The highest BCUT2D eigenvalue weighted by Crippen LogP contribution is 2.11. The van der Waals surface area contributed by atoms with Crippen LogP contribution in [0, 0.1) is 0 Å². The summed E-state index contributed by atoms with van der Waals surface area (Å²) in [5, 5.41) is 8.91. The van der Waals surface area contributed by atoms with Crippen LogP contribution in [0.5, 0.6) is 0 Å². The molecule has 0 bridgehead atoms. The molecule has 0 atom stereocenters. The van der Waals surface area contributed by atoms with Crippen molar-refractivity contribution in [3.05, 3.63) is 0 Å². The third kappa shape index (κ3) is 8.36. The summed E-state index contributed by atoms with van der Waals surface area (Å²) in [6.45, 7) is 9.64. The molecule has 3 nitrogen and oxygen atoms in total. The highest BCUT2D eigenvalue weighted by molar-refractivity contribution is 9.22. The molecule has 0 aromatic rings. The molecule has 0 aromatic heterocycles. The van der Waals surface area contributed by atoms with Crippen molar-refractivity contribution < 1.29 is 14.4 Å². The van der Waals surface area contributed by atoms with Gasteiger partial charge in [-0.25, -0.2) is 4.79 Å². The number of quaternary nitrogens is 1. The molecule has 0 heterocycles. The third-order valence-corrected chi connectivity index (χ3v) is 2.56. The molecule has 1 N–H and O–H groups in total. The number of nitrogens with zero attached hydrogens (tertiary/aromatic N) is 1. The van der Waals surface area contributed by atoms with Crippen LogP contribution in [0.2, 0.25) is 0 Å². The zero-order valence-electron chi connectivity index (χ0n) is 10.5. The van der Waals surface area contributed by atoms with Crippen molar-refractivity contribution in [1.82, 2.24) is 0 Å². The van der Waals surface area contributed by atoms with Crippen LogP contribution in [-0.4, -0.2) is 41.7 Å². The number of aliphatic carboxylic acids is 1. The van der Waals surface area contributed by atoms with Crippen LogP contribution in [0.25, 0.3) is 0 Å². The van der Waals surface area contributed by atoms with Gasteiger partial charge in [-0.1, -0.05) is 20.8 Å². The van der Waals surface area contributed by atoms with Crippen LogP contribution < -0.4 is 0 Å². The molecular weight excluding hydrogens is 293 g/mol. The maximum Gasteiger partial charge on any atom is 0.359 e. The van der Waals surface area contributed by atoms with Crippen molar-refractivity contribution in [3.8, 4) is 0 Å². The van der Waals surface area contributed by atoms with Crippen LogP contribution in [0.4, 0.5) is 0 Å². The zero-order chi connectivity index (χ0) is 13.0. The van der Waals surface area contributed by atoms with E-state index in [1.54, 1.807) is 0 Å². The van der Waals surface area contributed by atoms with Crippen LogP contribution >= 0.6 is 25.1 Å². The molecule has 0 aromatic carbocycles. The second-order valence-electron chi connectivity index (χ2n) is 4.06. The lowest BCUT2D eigenvalue weighted by atomic mass is 10.2. The Morgan fingerprint density at radius 3 is 1.56 bits per heavy atom. The SMILES string of the molecule is CCC[N+](CCC)(CCC)CC(=O)O.ClBr. The summed E-state index contributed by atoms with van der Waals surface area (Å²) in [6, 6.07) is 0. The molecule has 0 unspecified atom stereocenters. The van der Waals surface area contributed by atoms with E-state index in [4.69, 9.17) is 5.11 Å². The zero-order valence-corrected chi connectivity index (χ0v) is 12.9. The van der Waals surface area contributed by atoms with E-state index in [2.05, 4.69) is 45.9 Å². The molecule has 0 fully saturated rings. The highest BCUT2D eigenvalue weighted by atomic mass is 79.9. The van der Waals surface area contributed by atoms with Gasteiger partial charge in [0.2, 0.25) is 0 Å². The van der Waals surface area contributed by atoms with Gasteiger partial charge in [0.25, 0.3) is 0 Å². The van der Waals surface area contributed by atoms with Crippen molar-refractivity contribution in [2.45, 2.75) is 40.0 Å². The monoisotopic (exact) mass is 316 g/mol. The number of hydrogen-bond donors (Lipinski definition) is 1. The van der Waals surface area contributed by atoms with E-state index in [-0.39, 0.29) is 6.54 Å². The Kier molecular flexibility index (Phi) is 13.5. The van der Waals surface area contributed by atoms with Gasteiger partial charge in [-0.15, -0.1) is 0 Å². The lowest BCUT2D eigenvalue weighted by Crippen LogP contribution is -2.52. The fourth-order valence-electron chi connectivity index (χ4n) is 2.28. The molecule has 0 saturated heterocycles. The van der Waals surface area contributed by atoms with E-state index >= 15 is 0 Å². The number of carbonyl (C=O) groups is 1. The predicted molar refractivity (Wildman–Crippen MR) is 73.0 cm³/mol. The Morgan fingerprint density at radius 2 is 1.38 bits per heavy atom. The van der Waals surface area contributed by atoms with E-state index < -0.39 is 5.97 Å². The number of rotatable bonds is 8. The van der Waals surface area contributed by atoms with E-state index in [1.165, 1.54) is 0 Å². The predicted octanol–water partition coefficient (Wildman–Crippen LogP) is 3.65. The van der Waals surface area contributed by atoms with E-state index in [1.807, 2.05) is 0 Å². The second kappa shape index (κ2) is 11.7. The maximum absolute atomic E-state index is 10.8. The third-order valence-electron chi connectivity index (χ3n) is 2.56. The van der Waals surface area contributed by atoms with E-state index in [0.717, 1.165) is 43.4 Å². The first-order valence-corrected chi connectivity index (χ1v) is 7.89. The van der Waals surface area contributed by atoms with E-state index in [0.29, 0.717) is 0 Å². The molecule has 0 spiro atoms. The van der Waals surface area contributed by atoms with Crippen molar-refractivity contribution >= 4 is 31.1 Å². The summed E-state index contributed by atoms with van der Waals surface area (Å²) in [7, 11) is 4.45. The van der Waals surface area contributed by atoms with Gasteiger partial charge in [-0.05, 0) is 29.4 Å². The summed E-state index contributed by atoms with van der Waals surface area (Å²) in [5.41, 5.74) is 0. The largest absolute Gasteiger partial charge is 0.477 e. The van der Waals surface area contributed by atoms with Gasteiger partial charge in [-0.2, -0.15) is 0 Å². The first kappa shape index (κ1) is 18.6. The lowest BCUT2D eigenvalue weighted by molar-refractivity contribution is -0.921. The van der Waals surface area contributed by atoms with Gasteiger partial charge < -0.3 is 9.59 Å². The van der Waals surface area contributed by atoms with Crippen molar-refractivity contribution in [2.24, 2.45) is 0 Å². The van der Waals surface area contributed by atoms with Gasteiger partial charge in [0, 0.05) is 15.0 Å². The second-order valence-corrected chi connectivity index (χ2v) is 4.06. The number of hydrogen-bond acceptors (Lipinski definition) is 1. The maximum atomic E-state index is 10.8. The smallest absolute Gasteiger partial charge is 0.359 e. The quantitative estimate of drug-likeness (QED) is 0.694. The van der Waals surface area contributed by atoms with Crippen molar-refractivity contribution in [2.75, 3.05) is 26.2 Å². The molecule has 0 aliphatic rings. The molecule has 0 aliphatic carbocycles. The fraction of sp³-hybridized carbons (Fsp3) is 0.909. The standard InChI is InChI=1S/C11H23NO2.BrCl/c1-4-7-12(8-5-2,9-6-3)10-11(13)14;1-2/h4-10H2,1-3H3;/p+1. The average molecular weight is 318 g/mol. The summed E-state index contributed by atoms with van der Waals surface area (Å²) >= 11 is 2.41. The molecular formula is C11H24BrClNO2+. The minimum Gasteiger partial charge on any atom is -0.477 e. The Morgan fingerprint density at radius 1 is 1.06 bits per heavy atom.